The number of hydrogen-bond acceptors (Lipinski definition) is 3. The van der Waals surface area contributed by atoms with Crippen molar-refractivity contribution in [3.63, 3.8) is 0 Å². The number of carbonyl (C=O) groups is 1. The second kappa shape index (κ2) is 5.93. The number of fused-ring (bicyclic) bond motifs is 1. The Kier molecular flexibility index (Phi) is 4.50. The van der Waals surface area contributed by atoms with Gasteiger partial charge in [0.25, 0.3) is 6.43 Å². The molecule has 0 aromatic carbocycles. The highest BCUT2D eigenvalue weighted by atomic mass is 19.3. The van der Waals surface area contributed by atoms with E-state index in [2.05, 4.69) is 12.2 Å². The van der Waals surface area contributed by atoms with Crippen molar-refractivity contribution >= 4 is 5.91 Å². The van der Waals surface area contributed by atoms with Gasteiger partial charge in [-0.05, 0) is 19.3 Å². The molecule has 0 radical (unpaired) electrons. The van der Waals surface area contributed by atoms with Crippen molar-refractivity contribution in [2.24, 2.45) is 5.92 Å². The Balaban J connectivity index is 1.77. The third-order valence-electron chi connectivity index (χ3n) is 3.77. The molecular formula is C12H20F2N2O2. The molecule has 2 heterocycles. The zero-order valence-corrected chi connectivity index (χ0v) is 10.6. The standard InChI is InChI=1S/C12H20F2N2O2/c1-8-4-9-5-15-6-10(9)16(8)12(17)2-3-18-7-11(13)14/h8-11,15H,2-7H2,1H3. The van der Waals surface area contributed by atoms with E-state index in [0.29, 0.717) is 5.92 Å². The number of amides is 1. The van der Waals surface area contributed by atoms with E-state index in [-0.39, 0.29) is 31.0 Å². The van der Waals surface area contributed by atoms with Crippen LogP contribution in [-0.2, 0) is 9.53 Å². The summed E-state index contributed by atoms with van der Waals surface area (Å²) < 4.78 is 28.5. The van der Waals surface area contributed by atoms with Crippen molar-refractivity contribution in [1.29, 1.82) is 0 Å². The van der Waals surface area contributed by atoms with Crippen LogP contribution >= 0.6 is 0 Å². The molecule has 1 amide bonds. The number of nitrogens with one attached hydrogen (secondary N) is 1. The van der Waals surface area contributed by atoms with E-state index in [1.807, 2.05) is 4.90 Å². The summed E-state index contributed by atoms with van der Waals surface area (Å²) in [4.78, 5) is 14.0. The summed E-state index contributed by atoms with van der Waals surface area (Å²) in [5.74, 6) is 0.568. The quantitative estimate of drug-likeness (QED) is 0.747. The Morgan fingerprint density at radius 1 is 1.50 bits per heavy atom. The summed E-state index contributed by atoms with van der Waals surface area (Å²) in [6, 6.07) is 0.535. The van der Waals surface area contributed by atoms with E-state index in [4.69, 9.17) is 4.74 Å². The van der Waals surface area contributed by atoms with Gasteiger partial charge in [-0.3, -0.25) is 4.79 Å². The summed E-state index contributed by atoms with van der Waals surface area (Å²) in [5.41, 5.74) is 0. The zero-order valence-electron chi connectivity index (χ0n) is 10.6. The average molecular weight is 262 g/mol. The van der Waals surface area contributed by atoms with Gasteiger partial charge in [0.05, 0.1) is 13.0 Å². The average Bonchev–Trinajstić information content (AvgIpc) is 2.83. The van der Waals surface area contributed by atoms with Crippen molar-refractivity contribution in [3.05, 3.63) is 0 Å². The molecule has 2 saturated heterocycles. The molecule has 3 unspecified atom stereocenters. The zero-order chi connectivity index (χ0) is 13.1. The van der Waals surface area contributed by atoms with Crippen LogP contribution in [0.1, 0.15) is 19.8 Å². The van der Waals surface area contributed by atoms with E-state index in [9.17, 15) is 13.6 Å². The van der Waals surface area contributed by atoms with Crippen molar-refractivity contribution in [3.8, 4) is 0 Å². The molecule has 1 N–H and O–H groups in total. The number of nitrogens with zero attached hydrogens (tertiary/aromatic N) is 1. The number of hydrogen-bond donors (Lipinski definition) is 1. The third-order valence-corrected chi connectivity index (χ3v) is 3.77. The Labute approximate surface area is 106 Å². The van der Waals surface area contributed by atoms with E-state index < -0.39 is 13.0 Å². The van der Waals surface area contributed by atoms with Crippen LogP contribution in [0.3, 0.4) is 0 Å². The first kappa shape index (κ1) is 13.7. The van der Waals surface area contributed by atoms with Gasteiger partial charge in [0.15, 0.2) is 0 Å². The van der Waals surface area contributed by atoms with Crippen molar-refractivity contribution in [2.45, 2.75) is 38.3 Å². The van der Waals surface area contributed by atoms with Crippen LogP contribution in [0.5, 0.6) is 0 Å². The molecule has 4 nitrogen and oxygen atoms in total. The predicted molar refractivity (Wildman–Crippen MR) is 62.5 cm³/mol. The molecule has 18 heavy (non-hydrogen) atoms. The fourth-order valence-electron chi connectivity index (χ4n) is 3.06. The molecular weight excluding hydrogens is 242 g/mol. The van der Waals surface area contributed by atoms with Crippen LogP contribution < -0.4 is 5.32 Å². The number of likely N-dealkylation sites (tertiary alicyclic amines) is 1. The molecule has 6 heteroatoms. The Morgan fingerprint density at radius 3 is 3.00 bits per heavy atom. The number of carbonyl (C=O) groups excluding carboxylic acids is 1. The van der Waals surface area contributed by atoms with Crippen molar-refractivity contribution in [1.82, 2.24) is 10.2 Å². The summed E-state index contributed by atoms with van der Waals surface area (Å²) in [6.45, 7) is 3.36. The van der Waals surface area contributed by atoms with Gasteiger partial charge in [-0.1, -0.05) is 0 Å². The molecule has 0 spiro atoms. The maximum Gasteiger partial charge on any atom is 0.261 e. The summed E-state index contributed by atoms with van der Waals surface area (Å²) in [6.07, 6.45) is -1.24. The van der Waals surface area contributed by atoms with Crippen molar-refractivity contribution < 1.29 is 18.3 Å². The lowest BCUT2D eigenvalue weighted by Crippen LogP contribution is -2.43. The Bertz CT molecular complexity index is 302. The minimum absolute atomic E-state index is 0.0213. The molecule has 2 aliphatic heterocycles. The van der Waals surface area contributed by atoms with Gasteiger partial charge in [-0.2, -0.15) is 0 Å². The van der Waals surface area contributed by atoms with E-state index in [1.54, 1.807) is 0 Å². The molecule has 0 saturated carbocycles. The lowest BCUT2D eigenvalue weighted by molar-refractivity contribution is -0.135. The number of halogens is 2. The third kappa shape index (κ3) is 2.98. The first-order chi connectivity index (χ1) is 8.59. The van der Waals surface area contributed by atoms with Crippen LogP contribution in [-0.4, -0.2) is 55.6 Å². The highest BCUT2D eigenvalue weighted by Gasteiger charge is 2.43. The largest absolute Gasteiger partial charge is 0.375 e. The van der Waals surface area contributed by atoms with Crippen molar-refractivity contribution in [2.75, 3.05) is 26.3 Å². The molecule has 0 aromatic heterocycles. The number of alkyl halides is 2. The molecule has 104 valence electrons. The van der Waals surface area contributed by atoms with Gasteiger partial charge in [-0.15, -0.1) is 0 Å². The SMILES string of the molecule is CC1CC2CNCC2N1C(=O)CCOCC(F)F. The normalized spacial score (nSPS) is 31.1. The minimum atomic E-state index is -2.46. The number of ether oxygens (including phenoxy) is 1. The topological polar surface area (TPSA) is 41.6 Å². The maximum absolute atomic E-state index is 12.1. The van der Waals surface area contributed by atoms with E-state index in [0.717, 1.165) is 19.5 Å². The van der Waals surface area contributed by atoms with Gasteiger partial charge in [0, 0.05) is 25.2 Å². The monoisotopic (exact) mass is 262 g/mol. The summed E-state index contributed by atoms with van der Waals surface area (Å²) in [7, 11) is 0. The van der Waals surface area contributed by atoms with Crippen LogP contribution in [0.4, 0.5) is 8.78 Å². The first-order valence-electron chi connectivity index (χ1n) is 6.47. The lowest BCUT2D eigenvalue weighted by Gasteiger charge is -2.27. The molecule has 0 aromatic rings. The Morgan fingerprint density at radius 2 is 2.28 bits per heavy atom. The molecule has 2 aliphatic rings. The van der Waals surface area contributed by atoms with Crippen LogP contribution in [0.2, 0.25) is 0 Å². The first-order valence-corrected chi connectivity index (χ1v) is 6.47. The van der Waals surface area contributed by atoms with Gasteiger partial charge >= 0.3 is 0 Å². The van der Waals surface area contributed by atoms with E-state index >= 15 is 0 Å². The predicted octanol–water partition coefficient (Wildman–Crippen LogP) is 0.867. The summed E-state index contributed by atoms with van der Waals surface area (Å²) >= 11 is 0. The molecule has 2 rings (SSSR count). The highest BCUT2D eigenvalue weighted by Crippen LogP contribution is 2.32. The molecule has 3 atom stereocenters. The van der Waals surface area contributed by atoms with E-state index in [1.165, 1.54) is 0 Å². The van der Waals surface area contributed by atoms with Crippen LogP contribution in [0.15, 0.2) is 0 Å². The second-order valence-electron chi connectivity index (χ2n) is 5.09. The van der Waals surface area contributed by atoms with Gasteiger partial charge in [-0.25, -0.2) is 8.78 Å². The molecule has 0 aliphatic carbocycles. The second-order valence-corrected chi connectivity index (χ2v) is 5.09. The maximum atomic E-state index is 12.1. The number of rotatable bonds is 5. The van der Waals surface area contributed by atoms with Gasteiger partial charge in [0.2, 0.25) is 5.91 Å². The van der Waals surface area contributed by atoms with Crippen LogP contribution in [0, 0.1) is 5.92 Å². The highest BCUT2D eigenvalue weighted by molar-refractivity contribution is 5.77. The van der Waals surface area contributed by atoms with Gasteiger partial charge in [0.1, 0.15) is 6.61 Å². The Hall–Kier alpha value is -0.750. The van der Waals surface area contributed by atoms with Crippen LogP contribution in [0.25, 0.3) is 0 Å². The lowest BCUT2D eigenvalue weighted by atomic mass is 10.0. The smallest absolute Gasteiger partial charge is 0.261 e. The molecule has 0 bridgehead atoms. The summed E-state index contributed by atoms with van der Waals surface area (Å²) in [5, 5.41) is 3.29. The fraction of sp³-hybridized carbons (Fsp3) is 0.917. The van der Waals surface area contributed by atoms with Gasteiger partial charge < -0.3 is 15.0 Å². The minimum Gasteiger partial charge on any atom is -0.375 e. The molecule has 2 fully saturated rings. The fourth-order valence-corrected chi connectivity index (χ4v) is 3.06.